The minimum absolute atomic E-state index is 0.0371. The normalized spacial score (nSPS) is 18.0. The van der Waals surface area contributed by atoms with E-state index in [9.17, 15) is 19.2 Å². The summed E-state index contributed by atoms with van der Waals surface area (Å²) < 4.78 is 12.4. The quantitative estimate of drug-likeness (QED) is 0.239. The number of aryl methyl sites for hydroxylation is 2. The number of carbonyl (C=O) groups is 2. The van der Waals surface area contributed by atoms with Gasteiger partial charge in [-0.2, -0.15) is 0 Å². The summed E-state index contributed by atoms with van der Waals surface area (Å²) in [5, 5.41) is 16.2. The number of rotatable bonds is 6. The third-order valence-electron chi connectivity index (χ3n) is 5.69. The molecule has 1 aliphatic carbocycles. The number of hydrogen-bond donors (Lipinski definition) is 3. The zero-order valence-corrected chi connectivity index (χ0v) is 20.9. The Morgan fingerprint density at radius 1 is 0.914 bits per heavy atom. The van der Waals surface area contributed by atoms with Crippen molar-refractivity contribution in [3.63, 3.8) is 0 Å². The van der Waals surface area contributed by atoms with Crippen LogP contribution in [0.25, 0.3) is 0 Å². The van der Waals surface area contributed by atoms with Crippen molar-refractivity contribution in [2.45, 2.75) is 24.1 Å². The number of halogens is 4. The van der Waals surface area contributed by atoms with E-state index >= 15 is 0 Å². The molecule has 0 bridgehead atoms. The Kier molecular flexibility index (Phi) is 6.97. The fourth-order valence-corrected chi connectivity index (χ4v) is 5.20. The van der Waals surface area contributed by atoms with E-state index in [4.69, 9.17) is 34.8 Å². The molecule has 0 aromatic heterocycles. The lowest BCUT2D eigenvalue weighted by atomic mass is 10.0. The fourth-order valence-electron chi connectivity index (χ4n) is 4.17. The van der Waals surface area contributed by atoms with Crippen LogP contribution < -0.4 is 16.1 Å². The van der Waals surface area contributed by atoms with Crippen LogP contribution in [0, 0.1) is 30.8 Å². The topological polar surface area (TPSA) is 93.3 Å². The van der Waals surface area contributed by atoms with Crippen molar-refractivity contribution in [1.82, 2.24) is 0 Å². The summed E-state index contributed by atoms with van der Waals surface area (Å²) in [5.41, 5.74) is 4.88. The molecule has 1 aliphatic rings. The molecular formula is C25H20Cl3FN3O3-. The van der Waals surface area contributed by atoms with Gasteiger partial charge in [-0.3, -0.25) is 9.59 Å². The summed E-state index contributed by atoms with van der Waals surface area (Å²) in [6.07, 6.45) is 0. The third-order valence-corrected chi connectivity index (χ3v) is 6.96. The second-order valence-electron chi connectivity index (χ2n) is 8.52. The van der Waals surface area contributed by atoms with E-state index in [2.05, 4.69) is 10.6 Å². The van der Waals surface area contributed by atoms with E-state index in [-0.39, 0.29) is 27.9 Å². The predicted octanol–water partition coefficient (Wildman–Crippen LogP) is 6.78. The summed E-state index contributed by atoms with van der Waals surface area (Å²) in [7, 11) is 0. The summed E-state index contributed by atoms with van der Waals surface area (Å²) in [5.74, 6) is -2.83. The van der Waals surface area contributed by atoms with Crippen LogP contribution in [0.4, 0.5) is 21.5 Å². The maximum Gasteiger partial charge on any atom is 0.257 e. The van der Waals surface area contributed by atoms with Gasteiger partial charge in [0.25, 0.3) is 5.91 Å². The van der Waals surface area contributed by atoms with Crippen molar-refractivity contribution >= 4 is 63.7 Å². The van der Waals surface area contributed by atoms with E-state index in [1.54, 1.807) is 5.48 Å². The highest BCUT2D eigenvalue weighted by atomic mass is 35.5. The van der Waals surface area contributed by atoms with E-state index in [1.807, 2.05) is 32.0 Å². The molecule has 0 radical (unpaired) electrons. The summed E-state index contributed by atoms with van der Waals surface area (Å²) in [6.45, 7) is 3.92. The smallest absolute Gasteiger partial charge is 0.257 e. The molecular weight excluding hydrogens is 516 g/mol. The van der Waals surface area contributed by atoms with Crippen LogP contribution in [0.15, 0.2) is 54.6 Å². The van der Waals surface area contributed by atoms with E-state index in [0.717, 1.165) is 28.8 Å². The molecule has 1 unspecified atom stereocenters. The Labute approximate surface area is 216 Å². The Hall–Kier alpha value is -2.84. The van der Waals surface area contributed by atoms with Crippen LogP contribution in [0.5, 0.6) is 0 Å². The average molecular weight is 536 g/mol. The van der Waals surface area contributed by atoms with Crippen LogP contribution in [-0.4, -0.2) is 16.1 Å². The molecule has 2 amide bonds. The van der Waals surface area contributed by atoms with E-state index in [0.29, 0.717) is 5.69 Å². The zero-order chi connectivity index (χ0) is 25.5. The van der Waals surface area contributed by atoms with Crippen LogP contribution >= 0.6 is 34.8 Å². The molecule has 6 nitrogen and oxygen atoms in total. The molecule has 1 saturated carbocycles. The van der Waals surface area contributed by atoms with Gasteiger partial charge in [-0.1, -0.05) is 40.9 Å². The molecule has 1 fully saturated rings. The standard InChI is InChI=1S/C25H20Cl3FN3O3/c1-12-5-13(2)7-14(6-12)21-22(25(21,27)28)24(34)30-16-3-4-20(26)19(11-16)23(33)31-17-8-15(29)9-18(10-17)32-35/h3-11,21-22,32H,1-2H3,(H,30,34)(H,31,33)/q-1/t21-,22?/m0/s1. The average Bonchev–Trinajstić information content (AvgIpc) is 3.36. The van der Waals surface area contributed by atoms with Gasteiger partial charge in [-0.15, -0.1) is 23.2 Å². The third kappa shape index (κ3) is 5.38. The monoisotopic (exact) mass is 534 g/mol. The highest BCUT2D eigenvalue weighted by Gasteiger charge is 2.67. The largest absolute Gasteiger partial charge is 0.761 e. The molecule has 3 N–H and O–H groups in total. The second-order valence-corrected chi connectivity index (χ2v) is 10.4. The van der Waals surface area contributed by atoms with Crippen molar-refractivity contribution in [2.24, 2.45) is 5.92 Å². The van der Waals surface area contributed by atoms with Crippen LogP contribution in [0.2, 0.25) is 5.02 Å². The maximum absolute atomic E-state index is 13.7. The minimum Gasteiger partial charge on any atom is -0.761 e. The number of hydrogen-bond acceptors (Lipinski definition) is 4. The SMILES string of the molecule is Cc1cc(C)cc([C@H]2C(C(=O)Nc3ccc(Cl)c(C(=O)Nc4cc(F)cc(N[O-])c4)c3)C2(Cl)Cl)c1. The van der Waals surface area contributed by atoms with Crippen molar-refractivity contribution in [3.8, 4) is 0 Å². The molecule has 0 spiro atoms. The molecule has 4 rings (SSSR count). The number of benzene rings is 3. The second kappa shape index (κ2) is 9.66. The van der Waals surface area contributed by atoms with Gasteiger partial charge in [0.1, 0.15) is 10.2 Å². The number of nitrogens with one attached hydrogen (secondary N) is 3. The van der Waals surface area contributed by atoms with Gasteiger partial charge < -0.3 is 21.3 Å². The highest BCUT2D eigenvalue weighted by Crippen LogP contribution is 2.65. The molecule has 3 aromatic rings. The number of carbonyl (C=O) groups excluding carboxylic acids is 2. The number of anilines is 3. The van der Waals surface area contributed by atoms with Gasteiger partial charge in [0.2, 0.25) is 5.91 Å². The van der Waals surface area contributed by atoms with Gasteiger partial charge in [-0.05, 0) is 55.8 Å². The Bertz CT molecular complexity index is 1310. The first kappa shape index (κ1) is 25.3. The van der Waals surface area contributed by atoms with Gasteiger partial charge >= 0.3 is 0 Å². The van der Waals surface area contributed by atoms with Crippen molar-refractivity contribution in [1.29, 1.82) is 0 Å². The Morgan fingerprint density at radius 2 is 1.57 bits per heavy atom. The first-order valence-electron chi connectivity index (χ1n) is 10.6. The van der Waals surface area contributed by atoms with Crippen LogP contribution in [0.1, 0.15) is 33.0 Å². The number of alkyl halides is 2. The van der Waals surface area contributed by atoms with Crippen molar-refractivity contribution < 1.29 is 14.0 Å². The molecule has 35 heavy (non-hydrogen) atoms. The summed E-state index contributed by atoms with van der Waals surface area (Å²) >= 11 is 19.1. The summed E-state index contributed by atoms with van der Waals surface area (Å²) in [4.78, 5) is 25.8. The Morgan fingerprint density at radius 3 is 2.23 bits per heavy atom. The maximum atomic E-state index is 13.7. The molecule has 0 heterocycles. The van der Waals surface area contributed by atoms with E-state index in [1.165, 1.54) is 24.3 Å². The molecule has 0 aliphatic heterocycles. The van der Waals surface area contributed by atoms with Gasteiger partial charge in [0.05, 0.1) is 16.5 Å². The van der Waals surface area contributed by atoms with E-state index < -0.39 is 27.9 Å². The Balaban J connectivity index is 1.51. The predicted molar refractivity (Wildman–Crippen MR) is 138 cm³/mol. The number of amides is 2. The van der Waals surface area contributed by atoms with Crippen LogP contribution in [0.3, 0.4) is 0 Å². The lowest BCUT2D eigenvalue weighted by Crippen LogP contribution is -2.18. The zero-order valence-electron chi connectivity index (χ0n) is 18.6. The molecule has 2 atom stereocenters. The fraction of sp³-hybridized carbons (Fsp3) is 0.200. The van der Waals surface area contributed by atoms with Gasteiger partial charge in [-0.25, -0.2) is 4.39 Å². The molecule has 3 aromatic carbocycles. The van der Waals surface area contributed by atoms with Gasteiger partial charge in [0, 0.05) is 23.0 Å². The van der Waals surface area contributed by atoms with Crippen LogP contribution in [-0.2, 0) is 4.79 Å². The first-order chi connectivity index (χ1) is 16.5. The lowest BCUT2D eigenvalue weighted by Gasteiger charge is -2.13. The molecule has 10 heteroatoms. The minimum atomic E-state index is -1.26. The van der Waals surface area contributed by atoms with Crippen molar-refractivity contribution in [3.05, 3.63) is 92.9 Å². The lowest BCUT2D eigenvalue weighted by molar-refractivity contribution is -0.117. The first-order valence-corrected chi connectivity index (χ1v) is 11.7. The highest BCUT2D eigenvalue weighted by molar-refractivity contribution is 6.53. The van der Waals surface area contributed by atoms with Crippen molar-refractivity contribution in [2.75, 3.05) is 16.1 Å². The summed E-state index contributed by atoms with van der Waals surface area (Å²) in [6, 6.07) is 13.6. The van der Waals surface area contributed by atoms with Gasteiger partial charge in [0.15, 0.2) is 0 Å². The molecule has 182 valence electrons. The molecule has 0 saturated heterocycles.